The molecule has 1 aromatic rings. The van der Waals surface area contributed by atoms with E-state index in [4.69, 9.17) is 9.84 Å². The Labute approximate surface area is 107 Å². The Balaban J connectivity index is 1.76. The molecule has 1 saturated heterocycles. The number of nitrogens with one attached hydrogen (secondary N) is 1. The molecular formula is C14H19NO3. The van der Waals surface area contributed by atoms with Crippen LogP contribution in [0.1, 0.15) is 25.3 Å². The zero-order valence-electron chi connectivity index (χ0n) is 10.6. The maximum Gasteiger partial charge on any atom is 0.220 e. The number of aryl methyl sites for hydroxylation is 1. The van der Waals surface area contributed by atoms with Crippen LogP contribution in [0.4, 0.5) is 0 Å². The van der Waals surface area contributed by atoms with Gasteiger partial charge in [0.25, 0.3) is 0 Å². The smallest absolute Gasteiger partial charge is 0.220 e. The van der Waals surface area contributed by atoms with Crippen LogP contribution in [0.25, 0.3) is 0 Å². The van der Waals surface area contributed by atoms with Crippen LogP contribution in [0, 0.1) is 0 Å². The highest BCUT2D eigenvalue weighted by Gasteiger charge is 2.25. The van der Waals surface area contributed by atoms with E-state index in [9.17, 15) is 4.79 Å². The van der Waals surface area contributed by atoms with Gasteiger partial charge >= 0.3 is 0 Å². The molecule has 2 atom stereocenters. The Morgan fingerprint density at radius 1 is 1.44 bits per heavy atom. The summed E-state index contributed by atoms with van der Waals surface area (Å²) in [6.07, 6.45) is 2.16. The molecule has 2 rings (SSSR count). The fraction of sp³-hybridized carbons (Fsp3) is 0.500. The topological polar surface area (TPSA) is 58.6 Å². The van der Waals surface area contributed by atoms with E-state index in [0.29, 0.717) is 12.8 Å². The van der Waals surface area contributed by atoms with Crippen molar-refractivity contribution >= 4 is 5.91 Å². The number of aromatic hydroxyl groups is 1. The minimum atomic E-state index is 0.0606. The molecule has 1 fully saturated rings. The number of phenols is 1. The van der Waals surface area contributed by atoms with Crippen LogP contribution in [0.3, 0.4) is 0 Å². The monoisotopic (exact) mass is 249 g/mol. The third-order valence-corrected chi connectivity index (χ3v) is 3.30. The first-order valence-corrected chi connectivity index (χ1v) is 6.34. The highest BCUT2D eigenvalue weighted by molar-refractivity contribution is 5.76. The molecule has 18 heavy (non-hydrogen) atoms. The van der Waals surface area contributed by atoms with Gasteiger partial charge < -0.3 is 15.2 Å². The fourth-order valence-electron chi connectivity index (χ4n) is 2.12. The molecule has 1 heterocycles. The summed E-state index contributed by atoms with van der Waals surface area (Å²) in [5.41, 5.74) is 1.05. The zero-order valence-corrected chi connectivity index (χ0v) is 10.6. The first-order valence-electron chi connectivity index (χ1n) is 6.34. The van der Waals surface area contributed by atoms with Crippen molar-refractivity contribution in [2.75, 3.05) is 6.61 Å². The van der Waals surface area contributed by atoms with Gasteiger partial charge in [-0.05, 0) is 37.5 Å². The average molecular weight is 249 g/mol. The van der Waals surface area contributed by atoms with E-state index in [1.807, 2.05) is 19.1 Å². The van der Waals surface area contributed by atoms with Gasteiger partial charge in [-0.15, -0.1) is 0 Å². The molecule has 0 spiro atoms. The molecule has 1 aliphatic heterocycles. The number of benzene rings is 1. The lowest BCUT2D eigenvalue weighted by molar-refractivity contribution is -0.122. The van der Waals surface area contributed by atoms with Gasteiger partial charge in [0, 0.05) is 13.0 Å². The summed E-state index contributed by atoms with van der Waals surface area (Å²) in [6.45, 7) is 2.71. The van der Waals surface area contributed by atoms with E-state index in [0.717, 1.165) is 18.6 Å². The molecule has 1 amide bonds. The van der Waals surface area contributed by atoms with Crippen molar-refractivity contribution in [1.82, 2.24) is 5.32 Å². The summed E-state index contributed by atoms with van der Waals surface area (Å²) in [7, 11) is 0. The van der Waals surface area contributed by atoms with Crippen LogP contribution in [0.5, 0.6) is 5.75 Å². The molecule has 98 valence electrons. The minimum absolute atomic E-state index is 0.0606. The maximum atomic E-state index is 11.8. The number of carbonyl (C=O) groups is 1. The molecule has 0 bridgehead atoms. The SMILES string of the molecule is C[C@H]1OCC[C@@H]1NC(=O)CCc1ccc(O)cc1. The molecule has 0 unspecified atom stereocenters. The summed E-state index contributed by atoms with van der Waals surface area (Å²) in [5.74, 6) is 0.311. The highest BCUT2D eigenvalue weighted by Crippen LogP contribution is 2.14. The Morgan fingerprint density at radius 2 is 2.17 bits per heavy atom. The maximum absolute atomic E-state index is 11.8. The summed E-state index contributed by atoms with van der Waals surface area (Å²) < 4.78 is 5.40. The molecule has 2 N–H and O–H groups in total. The zero-order chi connectivity index (χ0) is 13.0. The quantitative estimate of drug-likeness (QED) is 0.852. The number of ether oxygens (including phenoxy) is 1. The van der Waals surface area contributed by atoms with Crippen LogP contribution in [0.2, 0.25) is 0 Å². The van der Waals surface area contributed by atoms with Crippen LogP contribution in [-0.2, 0) is 16.0 Å². The minimum Gasteiger partial charge on any atom is -0.508 e. The van der Waals surface area contributed by atoms with Gasteiger partial charge in [0.05, 0.1) is 12.1 Å². The van der Waals surface area contributed by atoms with E-state index in [-0.39, 0.29) is 23.8 Å². The normalized spacial score (nSPS) is 22.9. The predicted octanol–water partition coefficient (Wildman–Crippen LogP) is 1.62. The van der Waals surface area contributed by atoms with Gasteiger partial charge in [-0.3, -0.25) is 4.79 Å². The van der Waals surface area contributed by atoms with Crippen molar-refractivity contribution in [3.63, 3.8) is 0 Å². The van der Waals surface area contributed by atoms with Crippen LogP contribution in [0.15, 0.2) is 24.3 Å². The van der Waals surface area contributed by atoms with Crippen LogP contribution < -0.4 is 5.32 Å². The van der Waals surface area contributed by atoms with E-state index in [1.165, 1.54) is 0 Å². The lowest BCUT2D eigenvalue weighted by Gasteiger charge is -2.15. The van der Waals surface area contributed by atoms with Gasteiger partial charge in [0.1, 0.15) is 5.75 Å². The summed E-state index contributed by atoms with van der Waals surface area (Å²) in [6, 6.07) is 7.10. The van der Waals surface area contributed by atoms with Crippen LogP contribution in [-0.4, -0.2) is 29.8 Å². The molecule has 4 heteroatoms. The van der Waals surface area contributed by atoms with Crippen molar-refractivity contribution < 1.29 is 14.6 Å². The number of hydrogen-bond donors (Lipinski definition) is 2. The molecular weight excluding hydrogens is 230 g/mol. The number of amides is 1. The summed E-state index contributed by atoms with van der Waals surface area (Å²) >= 11 is 0. The lowest BCUT2D eigenvalue weighted by Crippen LogP contribution is -2.39. The summed E-state index contributed by atoms with van der Waals surface area (Å²) in [5, 5.41) is 12.2. The van der Waals surface area contributed by atoms with E-state index >= 15 is 0 Å². The molecule has 1 aliphatic rings. The van der Waals surface area contributed by atoms with Gasteiger partial charge in [0.15, 0.2) is 0 Å². The third kappa shape index (κ3) is 3.47. The fourth-order valence-corrected chi connectivity index (χ4v) is 2.12. The van der Waals surface area contributed by atoms with Gasteiger partial charge in [-0.2, -0.15) is 0 Å². The van der Waals surface area contributed by atoms with Crippen molar-refractivity contribution in [2.45, 2.75) is 38.3 Å². The van der Waals surface area contributed by atoms with E-state index in [1.54, 1.807) is 12.1 Å². The Hall–Kier alpha value is -1.55. The molecule has 0 aromatic heterocycles. The van der Waals surface area contributed by atoms with E-state index in [2.05, 4.69) is 5.32 Å². The van der Waals surface area contributed by atoms with Gasteiger partial charge in [-0.1, -0.05) is 12.1 Å². The molecule has 0 radical (unpaired) electrons. The third-order valence-electron chi connectivity index (χ3n) is 3.30. The molecule has 0 saturated carbocycles. The predicted molar refractivity (Wildman–Crippen MR) is 68.4 cm³/mol. The Bertz CT molecular complexity index is 402. The number of hydrogen-bond acceptors (Lipinski definition) is 3. The second-order valence-electron chi connectivity index (χ2n) is 4.71. The Morgan fingerprint density at radius 3 is 2.78 bits per heavy atom. The van der Waals surface area contributed by atoms with Crippen molar-refractivity contribution in [3.8, 4) is 5.75 Å². The first-order chi connectivity index (χ1) is 8.65. The number of carbonyl (C=O) groups excluding carboxylic acids is 1. The molecule has 4 nitrogen and oxygen atoms in total. The van der Waals surface area contributed by atoms with Gasteiger partial charge in [0.2, 0.25) is 5.91 Å². The largest absolute Gasteiger partial charge is 0.508 e. The molecule has 0 aliphatic carbocycles. The summed E-state index contributed by atoms with van der Waals surface area (Å²) in [4.78, 5) is 11.8. The van der Waals surface area contributed by atoms with Crippen molar-refractivity contribution in [2.24, 2.45) is 0 Å². The van der Waals surface area contributed by atoms with Crippen molar-refractivity contribution in [1.29, 1.82) is 0 Å². The molecule has 1 aromatic carbocycles. The highest BCUT2D eigenvalue weighted by atomic mass is 16.5. The first kappa shape index (κ1) is 12.9. The average Bonchev–Trinajstić information content (AvgIpc) is 2.74. The van der Waals surface area contributed by atoms with Gasteiger partial charge in [-0.25, -0.2) is 0 Å². The standard InChI is InChI=1S/C14H19NO3/c1-10-13(8-9-18-10)15-14(17)7-4-11-2-5-12(16)6-3-11/h2-3,5-6,10,13,16H,4,7-9H2,1H3,(H,15,17)/t10-,13+/m1/s1. The second-order valence-corrected chi connectivity index (χ2v) is 4.71. The number of rotatable bonds is 4. The lowest BCUT2D eigenvalue weighted by atomic mass is 10.1. The Kier molecular flexibility index (Phi) is 4.20. The second kappa shape index (κ2) is 5.87. The number of phenolic OH excluding ortho intramolecular Hbond substituents is 1. The van der Waals surface area contributed by atoms with Crippen molar-refractivity contribution in [3.05, 3.63) is 29.8 Å². The van der Waals surface area contributed by atoms with E-state index < -0.39 is 0 Å². The van der Waals surface area contributed by atoms with Crippen LogP contribution >= 0.6 is 0 Å².